The molecule has 0 unspecified atom stereocenters. The number of aryl methyl sites for hydroxylation is 1. The van der Waals surface area contributed by atoms with Crippen molar-refractivity contribution >= 4 is 0 Å². The summed E-state index contributed by atoms with van der Waals surface area (Å²) in [7, 11) is 0. The van der Waals surface area contributed by atoms with E-state index in [4.69, 9.17) is 9.47 Å². The van der Waals surface area contributed by atoms with Crippen LogP contribution in [0, 0.1) is 6.92 Å². The second-order valence-electron chi connectivity index (χ2n) is 4.56. The van der Waals surface area contributed by atoms with E-state index in [1.165, 1.54) is 16.7 Å². The highest BCUT2D eigenvalue weighted by Crippen LogP contribution is 2.34. The Morgan fingerprint density at radius 1 is 0.944 bits per heavy atom. The predicted octanol–water partition coefficient (Wildman–Crippen LogP) is 3.57. The van der Waals surface area contributed by atoms with E-state index >= 15 is 0 Å². The minimum atomic E-state index is 0.602. The number of hydrogen-bond acceptors (Lipinski definition) is 2. The lowest BCUT2D eigenvalue weighted by Gasteiger charge is -2.12. The van der Waals surface area contributed by atoms with Crippen molar-refractivity contribution in [1.82, 2.24) is 0 Å². The van der Waals surface area contributed by atoms with Crippen molar-refractivity contribution in [2.24, 2.45) is 0 Å². The van der Waals surface area contributed by atoms with Crippen LogP contribution >= 0.6 is 0 Å². The van der Waals surface area contributed by atoms with E-state index in [1.54, 1.807) is 0 Å². The van der Waals surface area contributed by atoms with Crippen molar-refractivity contribution in [3.8, 4) is 16.9 Å². The normalized spacial score (nSPS) is 14.5. The average Bonchev–Trinajstić information content (AvgIpc) is 2.47. The smallest absolute Gasteiger partial charge is 0.127 e. The molecule has 1 aliphatic rings. The second kappa shape index (κ2) is 4.83. The summed E-state index contributed by atoms with van der Waals surface area (Å²) < 4.78 is 11.4. The van der Waals surface area contributed by atoms with Gasteiger partial charge in [-0.15, -0.1) is 0 Å². The van der Waals surface area contributed by atoms with E-state index in [9.17, 15) is 0 Å². The average molecular weight is 240 g/mol. The fraction of sp³-hybridized carbons (Fsp3) is 0.250. The third-order valence-corrected chi connectivity index (χ3v) is 3.19. The Kier molecular flexibility index (Phi) is 3.03. The van der Waals surface area contributed by atoms with Gasteiger partial charge >= 0.3 is 0 Å². The van der Waals surface area contributed by atoms with Crippen LogP contribution in [-0.2, 0) is 11.3 Å². The summed E-state index contributed by atoms with van der Waals surface area (Å²) in [5.41, 5.74) is 4.79. The van der Waals surface area contributed by atoms with Crippen molar-refractivity contribution in [2.75, 3.05) is 13.2 Å². The van der Waals surface area contributed by atoms with E-state index in [2.05, 4.69) is 49.4 Å². The summed E-state index contributed by atoms with van der Waals surface area (Å²) in [4.78, 5) is 0. The van der Waals surface area contributed by atoms with Crippen LogP contribution in [0.15, 0.2) is 42.5 Å². The van der Waals surface area contributed by atoms with Gasteiger partial charge in [0.05, 0.1) is 13.2 Å². The first-order valence-electron chi connectivity index (χ1n) is 6.24. The van der Waals surface area contributed by atoms with E-state index in [1.807, 2.05) is 0 Å². The van der Waals surface area contributed by atoms with Gasteiger partial charge in [0, 0.05) is 5.56 Å². The van der Waals surface area contributed by atoms with Crippen molar-refractivity contribution in [2.45, 2.75) is 13.5 Å². The second-order valence-corrected chi connectivity index (χ2v) is 4.56. The summed E-state index contributed by atoms with van der Waals surface area (Å²) in [6, 6.07) is 14.7. The zero-order chi connectivity index (χ0) is 12.4. The van der Waals surface area contributed by atoms with Crippen molar-refractivity contribution in [1.29, 1.82) is 0 Å². The van der Waals surface area contributed by atoms with Gasteiger partial charge in [0.1, 0.15) is 12.4 Å². The largest absolute Gasteiger partial charge is 0.491 e. The highest BCUT2D eigenvalue weighted by molar-refractivity contribution is 5.73. The Morgan fingerprint density at radius 2 is 1.83 bits per heavy atom. The van der Waals surface area contributed by atoms with Gasteiger partial charge in [0.15, 0.2) is 0 Å². The highest BCUT2D eigenvalue weighted by Gasteiger charge is 2.12. The molecule has 0 spiro atoms. The number of hydrogen-bond donors (Lipinski definition) is 0. The number of ether oxygens (including phenoxy) is 2. The SMILES string of the molecule is Cc1ccc2c(c1)OCCOCc1ccccc1-2. The van der Waals surface area contributed by atoms with E-state index in [-0.39, 0.29) is 0 Å². The van der Waals surface area contributed by atoms with Gasteiger partial charge in [-0.25, -0.2) is 0 Å². The summed E-state index contributed by atoms with van der Waals surface area (Å²) in [6.45, 7) is 3.96. The van der Waals surface area contributed by atoms with Gasteiger partial charge < -0.3 is 9.47 Å². The molecule has 1 heterocycles. The molecule has 2 nitrogen and oxygen atoms in total. The molecule has 1 aliphatic heterocycles. The van der Waals surface area contributed by atoms with Gasteiger partial charge in [0.25, 0.3) is 0 Å². The van der Waals surface area contributed by atoms with Gasteiger partial charge in [-0.1, -0.05) is 36.4 Å². The molecule has 0 N–H and O–H groups in total. The number of benzene rings is 2. The highest BCUT2D eigenvalue weighted by atomic mass is 16.5. The molecule has 0 aliphatic carbocycles. The molecule has 92 valence electrons. The van der Waals surface area contributed by atoms with Crippen LogP contribution in [0.2, 0.25) is 0 Å². The zero-order valence-electron chi connectivity index (χ0n) is 10.5. The summed E-state index contributed by atoms with van der Waals surface area (Å²) >= 11 is 0. The van der Waals surface area contributed by atoms with E-state index in [0.717, 1.165) is 11.3 Å². The Balaban J connectivity index is 2.18. The molecule has 0 amide bonds. The molecule has 2 aromatic carbocycles. The van der Waals surface area contributed by atoms with E-state index < -0.39 is 0 Å². The molecule has 18 heavy (non-hydrogen) atoms. The third-order valence-electron chi connectivity index (χ3n) is 3.19. The summed E-state index contributed by atoms with van der Waals surface area (Å²) in [5.74, 6) is 0.952. The van der Waals surface area contributed by atoms with Crippen molar-refractivity contribution < 1.29 is 9.47 Å². The lowest BCUT2D eigenvalue weighted by atomic mass is 9.98. The van der Waals surface area contributed by atoms with Crippen LogP contribution in [0.1, 0.15) is 11.1 Å². The Bertz CT molecular complexity index is 561. The fourth-order valence-corrected chi connectivity index (χ4v) is 2.27. The number of fused-ring (bicyclic) bond motifs is 3. The standard InChI is InChI=1S/C16H16O2/c1-12-6-7-15-14-5-3-2-4-13(14)11-17-8-9-18-16(15)10-12/h2-7,10H,8-9,11H2,1H3. The minimum Gasteiger partial charge on any atom is -0.491 e. The Morgan fingerprint density at radius 3 is 2.78 bits per heavy atom. The topological polar surface area (TPSA) is 18.5 Å². The monoisotopic (exact) mass is 240 g/mol. The van der Waals surface area contributed by atoms with Gasteiger partial charge in [-0.3, -0.25) is 0 Å². The molecule has 0 fully saturated rings. The maximum atomic E-state index is 5.82. The molecule has 3 rings (SSSR count). The predicted molar refractivity (Wildman–Crippen MR) is 71.8 cm³/mol. The van der Waals surface area contributed by atoms with E-state index in [0.29, 0.717) is 19.8 Å². The van der Waals surface area contributed by atoms with Crippen LogP contribution in [0.4, 0.5) is 0 Å². The van der Waals surface area contributed by atoms with Gasteiger partial charge in [0.2, 0.25) is 0 Å². The van der Waals surface area contributed by atoms with Crippen molar-refractivity contribution in [3.63, 3.8) is 0 Å². The lowest BCUT2D eigenvalue weighted by Crippen LogP contribution is -2.05. The molecule has 0 atom stereocenters. The number of rotatable bonds is 0. The quantitative estimate of drug-likeness (QED) is 0.701. The van der Waals surface area contributed by atoms with Crippen LogP contribution in [0.25, 0.3) is 11.1 Å². The summed E-state index contributed by atoms with van der Waals surface area (Å²) in [5, 5.41) is 0. The first-order valence-corrected chi connectivity index (χ1v) is 6.24. The molecule has 2 heteroatoms. The molecule has 0 aromatic heterocycles. The molecule has 2 aromatic rings. The van der Waals surface area contributed by atoms with Crippen LogP contribution in [-0.4, -0.2) is 13.2 Å². The molecule has 0 bridgehead atoms. The third kappa shape index (κ3) is 2.12. The molecule has 0 saturated heterocycles. The van der Waals surface area contributed by atoms with Crippen molar-refractivity contribution in [3.05, 3.63) is 53.6 Å². The fourth-order valence-electron chi connectivity index (χ4n) is 2.27. The van der Waals surface area contributed by atoms with Gasteiger partial charge in [-0.05, 0) is 29.7 Å². The molecular weight excluding hydrogens is 224 g/mol. The lowest BCUT2D eigenvalue weighted by molar-refractivity contribution is 0.0906. The first kappa shape index (κ1) is 11.3. The summed E-state index contributed by atoms with van der Waals surface area (Å²) in [6.07, 6.45) is 0. The molecule has 0 saturated carbocycles. The van der Waals surface area contributed by atoms with Crippen LogP contribution in [0.3, 0.4) is 0 Å². The Hall–Kier alpha value is -1.80. The maximum Gasteiger partial charge on any atom is 0.127 e. The minimum absolute atomic E-state index is 0.602. The molecule has 0 radical (unpaired) electrons. The van der Waals surface area contributed by atoms with Crippen LogP contribution in [0.5, 0.6) is 5.75 Å². The zero-order valence-corrected chi connectivity index (χ0v) is 10.5. The molecular formula is C16H16O2. The maximum absolute atomic E-state index is 5.82. The van der Waals surface area contributed by atoms with Crippen LogP contribution < -0.4 is 4.74 Å². The Labute approximate surface area is 107 Å². The first-order chi connectivity index (χ1) is 8.84. The van der Waals surface area contributed by atoms with Gasteiger partial charge in [-0.2, -0.15) is 0 Å².